The molecular formula is C17H22FN2O2. The zero-order valence-electron chi connectivity index (χ0n) is 12.5. The molecule has 1 unspecified atom stereocenters. The van der Waals surface area contributed by atoms with Crippen LogP contribution in [0.5, 0.6) is 5.75 Å². The number of rotatable bonds is 3. The molecule has 4 nitrogen and oxygen atoms in total. The Morgan fingerprint density at radius 3 is 2.64 bits per heavy atom. The molecule has 0 bridgehead atoms. The minimum absolute atomic E-state index is 0.0490. The van der Waals surface area contributed by atoms with Gasteiger partial charge in [0.1, 0.15) is 11.6 Å². The first-order valence-corrected chi connectivity index (χ1v) is 7.93. The van der Waals surface area contributed by atoms with E-state index in [1.165, 1.54) is 12.1 Å². The number of phenolic OH excluding ortho intramolecular Hbond substituents is 1. The van der Waals surface area contributed by atoms with E-state index < -0.39 is 5.82 Å². The fourth-order valence-electron chi connectivity index (χ4n) is 3.93. The third kappa shape index (κ3) is 2.95. The second-order valence-corrected chi connectivity index (χ2v) is 6.32. The van der Waals surface area contributed by atoms with E-state index in [0.29, 0.717) is 6.04 Å². The summed E-state index contributed by atoms with van der Waals surface area (Å²) in [5.41, 5.74) is 6.30. The van der Waals surface area contributed by atoms with E-state index in [-0.39, 0.29) is 23.6 Å². The number of primary amides is 1. The van der Waals surface area contributed by atoms with E-state index in [1.54, 1.807) is 6.07 Å². The number of carbonyl (C=O) groups is 1. The molecule has 1 aliphatic heterocycles. The van der Waals surface area contributed by atoms with Gasteiger partial charge in [-0.1, -0.05) is 6.07 Å². The molecule has 2 fully saturated rings. The summed E-state index contributed by atoms with van der Waals surface area (Å²) in [4.78, 5) is 13.7. The molecule has 0 spiro atoms. The van der Waals surface area contributed by atoms with Gasteiger partial charge in [0.15, 0.2) is 0 Å². The predicted molar refractivity (Wildman–Crippen MR) is 81.7 cm³/mol. The maximum Gasteiger partial charge on any atom is 0.235 e. The highest BCUT2D eigenvalue weighted by molar-refractivity contribution is 5.81. The number of nitrogens with zero attached hydrogens (tertiary/aromatic N) is 1. The van der Waals surface area contributed by atoms with E-state index in [2.05, 4.69) is 4.90 Å². The maximum atomic E-state index is 13.1. The predicted octanol–water partition coefficient (Wildman–Crippen LogP) is 2.32. The summed E-state index contributed by atoms with van der Waals surface area (Å²) in [5, 5.41) is 9.92. The molecular weight excluding hydrogens is 283 g/mol. The van der Waals surface area contributed by atoms with Crippen molar-refractivity contribution in [3.8, 4) is 5.75 Å². The van der Waals surface area contributed by atoms with Crippen LogP contribution in [0.4, 0.5) is 4.39 Å². The minimum Gasteiger partial charge on any atom is -0.508 e. The van der Waals surface area contributed by atoms with E-state index in [1.807, 2.05) is 6.42 Å². The molecule has 1 radical (unpaired) electrons. The molecule has 5 heteroatoms. The molecule has 1 aliphatic carbocycles. The molecule has 1 amide bonds. The zero-order chi connectivity index (χ0) is 15.7. The fraction of sp³-hybridized carbons (Fsp3) is 0.529. The largest absolute Gasteiger partial charge is 0.508 e. The van der Waals surface area contributed by atoms with Crippen LogP contribution < -0.4 is 5.73 Å². The van der Waals surface area contributed by atoms with Crippen molar-refractivity contribution < 1.29 is 14.3 Å². The van der Waals surface area contributed by atoms with Gasteiger partial charge in [-0.3, -0.25) is 9.69 Å². The highest BCUT2D eigenvalue weighted by atomic mass is 19.1. The van der Waals surface area contributed by atoms with Gasteiger partial charge in [-0.2, -0.15) is 0 Å². The quantitative estimate of drug-likeness (QED) is 0.900. The average Bonchev–Trinajstić information content (AvgIpc) is 2.97. The summed E-state index contributed by atoms with van der Waals surface area (Å²) in [5.74, 6) is -0.369. The molecule has 1 aromatic carbocycles. The first-order valence-electron chi connectivity index (χ1n) is 7.93. The van der Waals surface area contributed by atoms with Crippen molar-refractivity contribution in [2.75, 3.05) is 6.54 Å². The number of aromatic hydroxyl groups is 1. The molecule has 0 aromatic heterocycles. The number of hydrogen-bond donors (Lipinski definition) is 2. The SMILES string of the molecule is NC(=O)C1[CH]CCN1C1CCC(c2ccc(F)cc2O)CC1. The lowest BCUT2D eigenvalue weighted by molar-refractivity contribution is -0.122. The van der Waals surface area contributed by atoms with Gasteiger partial charge in [-0.05, 0) is 62.6 Å². The lowest BCUT2D eigenvalue weighted by atomic mass is 9.80. The number of carbonyl (C=O) groups excluding carboxylic acids is 1. The third-order valence-corrected chi connectivity index (χ3v) is 5.02. The van der Waals surface area contributed by atoms with Gasteiger partial charge >= 0.3 is 0 Å². The molecule has 1 saturated heterocycles. The standard InChI is InChI=1S/C17H22FN2O2/c18-12-5-8-14(16(21)10-12)11-3-6-13(7-4-11)20-9-1-2-15(20)17(19)22/h2,5,8,10-11,13,15,21H,1,3-4,6-7,9H2,(H2,19,22). The number of phenols is 1. The molecule has 1 aromatic rings. The van der Waals surface area contributed by atoms with E-state index >= 15 is 0 Å². The van der Waals surface area contributed by atoms with Crippen LogP contribution in [0.2, 0.25) is 0 Å². The van der Waals surface area contributed by atoms with Gasteiger partial charge in [0.2, 0.25) is 5.91 Å². The Bertz CT molecular complexity index is 556. The lowest BCUT2D eigenvalue weighted by Gasteiger charge is -2.37. The maximum absolute atomic E-state index is 13.1. The number of likely N-dealkylation sites (tertiary alicyclic amines) is 1. The zero-order valence-corrected chi connectivity index (χ0v) is 12.5. The van der Waals surface area contributed by atoms with Crippen molar-refractivity contribution in [2.24, 2.45) is 5.73 Å². The van der Waals surface area contributed by atoms with Gasteiger partial charge in [-0.15, -0.1) is 0 Å². The summed E-state index contributed by atoms with van der Waals surface area (Å²) >= 11 is 0. The highest BCUT2D eigenvalue weighted by Crippen LogP contribution is 2.39. The molecule has 1 atom stereocenters. The van der Waals surface area contributed by atoms with Gasteiger partial charge in [-0.25, -0.2) is 4.39 Å². The van der Waals surface area contributed by atoms with Crippen LogP contribution in [0.1, 0.15) is 43.6 Å². The Morgan fingerprint density at radius 1 is 1.27 bits per heavy atom. The van der Waals surface area contributed by atoms with Gasteiger partial charge in [0.05, 0.1) is 6.04 Å². The van der Waals surface area contributed by atoms with Crippen molar-refractivity contribution >= 4 is 5.91 Å². The average molecular weight is 305 g/mol. The van der Waals surface area contributed by atoms with Crippen LogP contribution in [0.15, 0.2) is 18.2 Å². The number of benzene rings is 1. The number of halogens is 1. The second kappa shape index (κ2) is 6.24. The Kier molecular flexibility index (Phi) is 4.34. The normalized spacial score (nSPS) is 29.6. The highest BCUT2D eigenvalue weighted by Gasteiger charge is 2.36. The van der Waals surface area contributed by atoms with Crippen LogP contribution >= 0.6 is 0 Å². The number of amides is 1. The molecule has 3 rings (SSSR count). The van der Waals surface area contributed by atoms with E-state index in [9.17, 15) is 14.3 Å². The molecule has 1 saturated carbocycles. The number of hydrogen-bond acceptors (Lipinski definition) is 3. The summed E-state index contributed by atoms with van der Waals surface area (Å²) in [6.45, 7) is 0.894. The Balaban J connectivity index is 1.64. The second-order valence-electron chi connectivity index (χ2n) is 6.32. The molecule has 22 heavy (non-hydrogen) atoms. The Morgan fingerprint density at radius 2 is 2.00 bits per heavy atom. The monoisotopic (exact) mass is 305 g/mol. The van der Waals surface area contributed by atoms with Gasteiger partial charge < -0.3 is 10.8 Å². The topological polar surface area (TPSA) is 66.6 Å². The minimum atomic E-state index is -0.410. The fourth-order valence-corrected chi connectivity index (χ4v) is 3.93. The molecule has 3 N–H and O–H groups in total. The number of nitrogens with two attached hydrogens (primary N) is 1. The van der Waals surface area contributed by atoms with E-state index in [0.717, 1.165) is 44.2 Å². The van der Waals surface area contributed by atoms with Crippen LogP contribution in [0.3, 0.4) is 0 Å². The van der Waals surface area contributed by atoms with Crippen molar-refractivity contribution in [1.29, 1.82) is 0 Å². The van der Waals surface area contributed by atoms with Crippen LogP contribution in [0.25, 0.3) is 0 Å². The van der Waals surface area contributed by atoms with Crippen LogP contribution in [-0.2, 0) is 4.79 Å². The Labute approximate surface area is 130 Å². The van der Waals surface area contributed by atoms with Gasteiger partial charge in [0.25, 0.3) is 0 Å². The van der Waals surface area contributed by atoms with Crippen molar-refractivity contribution in [3.05, 3.63) is 36.0 Å². The van der Waals surface area contributed by atoms with Crippen molar-refractivity contribution in [3.63, 3.8) is 0 Å². The smallest absolute Gasteiger partial charge is 0.235 e. The summed E-state index contributed by atoms with van der Waals surface area (Å²) in [7, 11) is 0. The molecule has 119 valence electrons. The van der Waals surface area contributed by atoms with Gasteiger partial charge in [0, 0.05) is 12.1 Å². The summed E-state index contributed by atoms with van der Waals surface area (Å²) in [6.07, 6.45) is 6.72. The van der Waals surface area contributed by atoms with Crippen molar-refractivity contribution in [1.82, 2.24) is 4.90 Å². The molecule has 2 aliphatic rings. The van der Waals surface area contributed by atoms with Crippen LogP contribution in [0, 0.1) is 12.2 Å². The molecule has 1 heterocycles. The summed E-state index contributed by atoms with van der Waals surface area (Å²) in [6, 6.07) is 4.40. The van der Waals surface area contributed by atoms with Crippen molar-refractivity contribution in [2.45, 2.75) is 50.1 Å². The van der Waals surface area contributed by atoms with E-state index in [4.69, 9.17) is 5.73 Å². The first-order chi connectivity index (χ1) is 10.6. The summed E-state index contributed by atoms with van der Waals surface area (Å²) < 4.78 is 13.1. The lowest BCUT2D eigenvalue weighted by Crippen LogP contribution is -2.47. The Hall–Kier alpha value is -1.62. The first kappa shape index (κ1) is 15.3. The van der Waals surface area contributed by atoms with Crippen LogP contribution in [-0.4, -0.2) is 34.5 Å². The third-order valence-electron chi connectivity index (χ3n) is 5.02.